The Balaban J connectivity index is 0.000000150. The first-order valence-corrected chi connectivity index (χ1v) is 56.0. The summed E-state index contributed by atoms with van der Waals surface area (Å²) in [4.78, 5) is 7.53. The smallest absolute Gasteiger partial charge is 0.101 e. The number of hydrogen-bond acceptors (Lipinski definition) is 6. The third kappa shape index (κ3) is 19.5. The first-order chi connectivity index (χ1) is 69.0. The van der Waals surface area contributed by atoms with E-state index in [2.05, 4.69) is 522 Å². The zero-order chi connectivity index (χ0) is 105. The zero-order valence-electron chi connectivity index (χ0n) is 93.3. The summed E-state index contributed by atoms with van der Waals surface area (Å²) in [5.41, 5.74) is 38.5. The number of anilines is 11. The summed E-state index contributed by atoms with van der Waals surface area (Å²) in [5.74, 6) is 0. The predicted molar refractivity (Wildman–Crippen MR) is 643 cm³/mol. The molecule has 1 N–H and O–H groups in total. The van der Waals surface area contributed by atoms with Gasteiger partial charge in [0.1, 0.15) is 5.00 Å². The van der Waals surface area contributed by atoms with E-state index >= 15 is 0 Å². The molecule has 14 aromatic carbocycles. The van der Waals surface area contributed by atoms with Crippen LogP contribution in [0.15, 0.2) is 291 Å². The van der Waals surface area contributed by atoms with Gasteiger partial charge in [0.2, 0.25) is 0 Å². The van der Waals surface area contributed by atoms with Crippen LogP contribution in [0.5, 0.6) is 0 Å². The zero-order valence-corrected chi connectivity index (χ0v) is 95.7. The molecule has 18 aromatic rings. The molecule has 147 heavy (non-hydrogen) atoms. The molecule has 0 aliphatic heterocycles. The van der Waals surface area contributed by atoms with Gasteiger partial charge >= 0.3 is 0 Å². The fourth-order valence-corrected chi connectivity index (χ4v) is 26.6. The molecule has 4 aromatic heterocycles. The van der Waals surface area contributed by atoms with Crippen molar-refractivity contribution in [2.24, 2.45) is 0 Å². The number of halogens is 1. The highest BCUT2D eigenvalue weighted by Crippen LogP contribution is 2.57. The SMILES string of the molecule is CC(C)(C)c1ccc2cc(Nc3ccc4c(c3)C(C)(C)CCC4(C)C)sc2c1.Cc1cc(Cl)cc(N(c2ccc3c(c2)C(C)(C)CCC3(C)C)c2ccc3c(c2)c2cc(C(C)(C)C)ccc2n3-c2ccccc2)c1.Cc1cc(N(c2ccc3c(c2)C(C)(C)CCC3(C)C)c2ccc3c(c2)c2cc(C(C)(C)C)ccc2n3-c2ccccc2)cc(N(c2ccc3c(c2)C(C)(C)CCC3(C)C)c2cc3ccc(C(C)(C)C)cc3s2)c1. The molecular formula is C138H155ClN6S2. The first kappa shape index (κ1) is 102. The van der Waals surface area contributed by atoms with Crippen LogP contribution in [0.2, 0.25) is 5.02 Å². The van der Waals surface area contributed by atoms with Crippen LogP contribution in [0.1, 0.15) is 323 Å². The standard InChI is InChI=1S/C69H77N3S.C43H45ClN2.C26H33NS/c1-44-35-52(40-53(36-44)71(63-37-45-21-22-47(65(5,6)7)39-62(45)73-63)51-25-28-57-59(43-51)69(14,15)34-32-67(57,10)11)70(50-24-27-56-58(42-50)68(12,13)33-31-66(56,8)9)49-26-30-61-55(41-49)54-38-46(64(2,3)4)23-29-60(54)72(61)48-19-17-16-18-20-48;1-28-22-30(44)25-34(23-28)45(33-15-17-37-38(27-33)43(7,8)21-20-42(37,5)6)32-16-19-40-36(26-32)35-24-29(41(2,3)4)14-18-39(35)46(40)31-12-10-9-11-13-31;1-24(2,3)18-9-8-17-14-23(28-22(17)15-18)27-19-10-11-20-21(16-19)26(6,7)13-12-25(20,4)5/h16-30,35-43H,31-34H2,1-15H3;9-19,22-27H,20-21H2,1-8H3;8-11,14-16,27H,12-13H2,1-7H3. The van der Waals surface area contributed by atoms with Crippen LogP contribution in [-0.2, 0) is 65.0 Å². The number of rotatable bonds is 13. The second-order valence-electron chi connectivity index (χ2n) is 53.1. The van der Waals surface area contributed by atoms with E-state index in [4.69, 9.17) is 11.6 Å². The summed E-state index contributed by atoms with van der Waals surface area (Å²) in [7, 11) is 0. The highest BCUT2D eigenvalue weighted by Gasteiger charge is 2.43. The van der Waals surface area contributed by atoms with E-state index in [1.165, 1.54) is 219 Å². The summed E-state index contributed by atoms with van der Waals surface area (Å²) in [5, 5.41) is 14.5. The molecule has 9 heteroatoms. The normalized spacial score (nSPS) is 16.8. The number of benzene rings is 14. The quantitative estimate of drug-likeness (QED) is 0.125. The molecule has 0 spiro atoms. The van der Waals surface area contributed by atoms with Crippen molar-refractivity contribution in [3.63, 3.8) is 0 Å². The highest BCUT2D eigenvalue weighted by atomic mass is 35.5. The van der Waals surface area contributed by atoms with Crippen molar-refractivity contribution in [2.75, 3.05) is 20.0 Å². The van der Waals surface area contributed by atoms with Crippen LogP contribution in [-0.4, -0.2) is 9.13 Å². The molecule has 4 heterocycles. The van der Waals surface area contributed by atoms with Crippen LogP contribution in [0, 0.1) is 13.8 Å². The Kier molecular flexibility index (Phi) is 25.6. The lowest BCUT2D eigenvalue weighted by Gasteiger charge is -2.42. The van der Waals surface area contributed by atoms with Crippen LogP contribution >= 0.6 is 34.3 Å². The number of nitrogens with one attached hydrogen (secondary N) is 1. The fourth-order valence-electron chi connectivity index (χ4n) is 24.2. The average Bonchev–Trinajstić information content (AvgIpc) is 1.68. The third-order valence-corrected chi connectivity index (χ3v) is 36.3. The molecule has 4 aliphatic carbocycles. The molecule has 0 radical (unpaired) electrons. The fraction of sp³-hybridized carbons (Fsp3) is 0.362. The molecule has 0 atom stereocenters. The monoisotopic (exact) mass is 2000 g/mol. The van der Waals surface area contributed by atoms with E-state index in [1.807, 2.05) is 28.7 Å². The lowest BCUT2D eigenvalue weighted by molar-refractivity contribution is 0.332. The second-order valence-corrected chi connectivity index (χ2v) is 55.7. The molecule has 0 unspecified atom stereocenters. The van der Waals surface area contributed by atoms with E-state index in [9.17, 15) is 0 Å². The van der Waals surface area contributed by atoms with E-state index < -0.39 is 0 Å². The molecule has 0 amide bonds. The lowest BCUT2D eigenvalue weighted by atomic mass is 9.63. The predicted octanol–water partition coefficient (Wildman–Crippen LogP) is 41.7. The number of thiophene rings is 2. The number of hydrogen-bond donors (Lipinski definition) is 1. The molecule has 6 nitrogen and oxygen atoms in total. The highest BCUT2D eigenvalue weighted by molar-refractivity contribution is 7.23. The molecule has 0 saturated heterocycles. The minimum absolute atomic E-state index is 0.000138. The van der Waals surface area contributed by atoms with Gasteiger partial charge in [-0.1, -0.05) is 303 Å². The summed E-state index contributed by atoms with van der Waals surface area (Å²) >= 11 is 10.5. The van der Waals surface area contributed by atoms with Crippen molar-refractivity contribution in [2.45, 2.75) is 324 Å². The van der Waals surface area contributed by atoms with Crippen LogP contribution in [0.25, 0.3) is 75.2 Å². The Morgan fingerprint density at radius 2 is 0.558 bits per heavy atom. The second kappa shape index (κ2) is 36.8. The maximum Gasteiger partial charge on any atom is 0.101 e. The van der Waals surface area contributed by atoms with Gasteiger partial charge < -0.3 is 29.2 Å². The topological polar surface area (TPSA) is 31.6 Å². The average molecular weight is 2000 g/mol. The Morgan fingerprint density at radius 3 is 0.946 bits per heavy atom. The van der Waals surface area contributed by atoms with Gasteiger partial charge in [-0.25, -0.2) is 0 Å². The maximum atomic E-state index is 6.74. The van der Waals surface area contributed by atoms with E-state index in [-0.39, 0.29) is 65.0 Å². The maximum absolute atomic E-state index is 6.74. The van der Waals surface area contributed by atoms with Gasteiger partial charge in [0.25, 0.3) is 0 Å². The number of aryl methyl sites for hydroxylation is 2. The van der Waals surface area contributed by atoms with Crippen molar-refractivity contribution in [1.82, 2.24) is 9.13 Å². The molecule has 0 bridgehead atoms. The van der Waals surface area contributed by atoms with E-state index in [0.29, 0.717) is 0 Å². The van der Waals surface area contributed by atoms with Gasteiger partial charge in [-0.15, -0.1) is 22.7 Å². The summed E-state index contributed by atoms with van der Waals surface area (Å²) in [6, 6.07) is 111. The molecule has 0 fully saturated rings. The summed E-state index contributed by atoms with van der Waals surface area (Å²) in [6.07, 6.45) is 9.56. The summed E-state index contributed by atoms with van der Waals surface area (Å²) < 4.78 is 7.53. The van der Waals surface area contributed by atoms with Crippen molar-refractivity contribution in [1.29, 1.82) is 0 Å². The number of nitrogens with zero attached hydrogens (tertiary/aromatic N) is 5. The van der Waals surface area contributed by atoms with Crippen LogP contribution in [0.4, 0.5) is 61.2 Å². The molecular weight excluding hydrogens is 1840 g/mol. The van der Waals surface area contributed by atoms with Gasteiger partial charge in [-0.3, -0.25) is 0 Å². The van der Waals surface area contributed by atoms with Crippen molar-refractivity contribution >= 4 is 159 Å². The Labute approximate surface area is 891 Å². The minimum atomic E-state index is -0.000138. The van der Waals surface area contributed by atoms with Crippen molar-refractivity contribution in [3.05, 3.63) is 374 Å². The van der Waals surface area contributed by atoms with Crippen molar-refractivity contribution < 1.29 is 0 Å². The van der Waals surface area contributed by atoms with E-state index in [1.54, 1.807) is 0 Å². The van der Waals surface area contributed by atoms with Gasteiger partial charge in [-0.05, 0) is 413 Å². The Morgan fingerprint density at radius 1 is 0.259 bits per heavy atom. The van der Waals surface area contributed by atoms with Crippen LogP contribution < -0.4 is 20.0 Å². The minimum Gasteiger partial charge on any atom is -0.347 e. The van der Waals surface area contributed by atoms with E-state index in [0.717, 1.165) is 51.1 Å². The third-order valence-electron chi connectivity index (χ3n) is 34.0. The van der Waals surface area contributed by atoms with Crippen molar-refractivity contribution in [3.8, 4) is 11.4 Å². The van der Waals surface area contributed by atoms with Gasteiger partial charge in [0.15, 0.2) is 0 Å². The van der Waals surface area contributed by atoms with Gasteiger partial charge in [0, 0.05) is 98.5 Å². The largest absolute Gasteiger partial charge is 0.347 e. The first-order valence-electron chi connectivity index (χ1n) is 54.0. The molecule has 22 rings (SSSR count). The molecule has 4 aliphatic rings. The molecule has 0 saturated carbocycles. The van der Waals surface area contributed by atoms with Gasteiger partial charge in [0.05, 0.1) is 27.1 Å². The number of para-hydroxylation sites is 2. The molecule has 756 valence electrons. The number of fused-ring (bicyclic) bond motifs is 12. The lowest BCUT2D eigenvalue weighted by Crippen LogP contribution is -2.34. The van der Waals surface area contributed by atoms with Crippen LogP contribution in [0.3, 0.4) is 0 Å². The van der Waals surface area contributed by atoms with Gasteiger partial charge in [-0.2, -0.15) is 0 Å². The Bertz CT molecular complexity index is 8140. The number of aromatic nitrogens is 2. The summed E-state index contributed by atoms with van der Waals surface area (Å²) in [6.45, 7) is 70.7. The Hall–Kier alpha value is -11.9.